The summed E-state index contributed by atoms with van der Waals surface area (Å²) < 4.78 is 0. The molecule has 2 aliphatic heterocycles. The van der Waals surface area contributed by atoms with E-state index in [1.807, 2.05) is 36.0 Å². The number of carbonyl (C=O) groups is 1. The van der Waals surface area contributed by atoms with Crippen LogP contribution >= 0.6 is 11.8 Å². The fraction of sp³-hybridized carbons (Fsp3) is 0.364. The summed E-state index contributed by atoms with van der Waals surface area (Å²) in [6, 6.07) is 8.18. The minimum atomic E-state index is 0.204. The van der Waals surface area contributed by atoms with Gasteiger partial charge < -0.3 is 5.32 Å². The molecule has 3 rings (SSSR count). The first-order chi connectivity index (χ1) is 6.86. The highest BCUT2D eigenvalue weighted by molar-refractivity contribution is 7.99. The van der Waals surface area contributed by atoms with Crippen molar-refractivity contribution in [3.05, 3.63) is 29.8 Å². The maximum atomic E-state index is 12.0. The summed E-state index contributed by atoms with van der Waals surface area (Å²) in [6.07, 6.45) is 0. The molecular formula is C11H11NOS. The molecule has 0 aliphatic carbocycles. The Morgan fingerprint density at radius 3 is 3.07 bits per heavy atom. The van der Waals surface area contributed by atoms with Crippen LogP contribution in [-0.2, 0) is 0 Å². The van der Waals surface area contributed by atoms with E-state index in [-0.39, 0.29) is 5.92 Å². The Hall–Kier alpha value is -0.960. The van der Waals surface area contributed by atoms with E-state index in [9.17, 15) is 4.79 Å². The second kappa shape index (κ2) is 3.02. The van der Waals surface area contributed by atoms with Gasteiger partial charge in [0, 0.05) is 28.8 Å². The first-order valence-corrected chi connectivity index (χ1v) is 5.99. The zero-order chi connectivity index (χ0) is 9.54. The number of nitrogens with one attached hydrogen (secondary N) is 1. The number of fused-ring (bicyclic) bond motifs is 2. The molecule has 0 amide bonds. The number of ketones is 1. The third-order valence-electron chi connectivity index (χ3n) is 2.95. The van der Waals surface area contributed by atoms with Crippen LogP contribution in [-0.4, -0.2) is 23.3 Å². The van der Waals surface area contributed by atoms with Crippen LogP contribution in [0, 0.1) is 5.92 Å². The van der Waals surface area contributed by atoms with E-state index >= 15 is 0 Å². The number of hydrogen-bond donors (Lipinski definition) is 1. The van der Waals surface area contributed by atoms with Crippen LogP contribution in [0.1, 0.15) is 10.4 Å². The van der Waals surface area contributed by atoms with E-state index in [4.69, 9.17) is 0 Å². The molecule has 0 radical (unpaired) electrons. The first-order valence-electron chi connectivity index (χ1n) is 4.84. The van der Waals surface area contributed by atoms with Crippen molar-refractivity contribution in [1.29, 1.82) is 0 Å². The van der Waals surface area contributed by atoms with Gasteiger partial charge in [-0.2, -0.15) is 11.8 Å². The topological polar surface area (TPSA) is 29.1 Å². The van der Waals surface area contributed by atoms with Gasteiger partial charge in [0.25, 0.3) is 0 Å². The molecule has 2 atom stereocenters. The molecule has 1 N–H and O–H groups in total. The van der Waals surface area contributed by atoms with Gasteiger partial charge in [0.2, 0.25) is 0 Å². The Morgan fingerprint density at radius 1 is 1.29 bits per heavy atom. The summed E-state index contributed by atoms with van der Waals surface area (Å²) in [5.74, 6) is 2.57. The molecule has 2 aliphatic rings. The molecule has 72 valence electrons. The van der Waals surface area contributed by atoms with Gasteiger partial charge in [-0.3, -0.25) is 4.79 Å². The van der Waals surface area contributed by atoms with Gasteiger partial charge in [-0.25, -0.2) is 0 Å². The van der Waals surface area contributed by atoms with Crippen LogP contribution in [0.25, 0.3) is 0 Å². The standard InChI is InChI=1S/C11H11NOS/c13-11-7-3-1-2-4-9(7)12-10-6-14-5-8(10)11/h1-4,8,10,12H,5-6H2. The monoisotopic (exact) mass is 205 g/mol. The minimum absolute atomic E-state index is 0.204. The quantitative estimate of drug-likeness (QED) is 0.702. The number of rotatable bonds is 0. The van der Waals surface area contributed by atoms with E-state index in [1.165, 1.54) is 0 Å². The van der Waals surface area contributed by atoms with Crippen LogP contribution in [0.3, 0.4) is 0 Å². The molecule has 2 nitrogen and oxygen atoms in total. The van der Waals surface area contributed by atoms with E-state index in [0.717, 1.165) is 22.8 Å². The molecule has 14 heavy (non-hydrogen) atoms. The Bertz CT molecular complexity index is 391. The van der Waals surface area contributed by atoms with Crippen LogP contribution in [0.4, 0.5) is 5.69 Å². The van der Waals surface area contributed by atoms with Gasteiger partial charge >= 0.3 is 0 Å². The number of anilines is 1. The van der Waals surface area contributed by atoms with Gasteiger partial charge in [0.05, 0.1) is 5.92 Å². The van der Waals surface area contributed by atoms with Crippen molar-refractivity contribution in [1.82, 2.24) is 0 Å². The Kier molecular flexibility index (Phi) is 1.80. The molecule has 1 aromatic carbocycles. The minimum Gasteiger partial charge on any atom is -0.380 e. The number of para-hydroxylation sites is 1. The van der Waals surface area contributed by atoms with Crippen LogP contribution in [0.5, 0.6) is 0 Å². The molecular weight excluding hydrogens is 194 g/mol. The lowest BCUT2D eigenvalue weighted by molar-refractivity contribution is 0.0923. The molecule has 0 spiro atoms. The number of benzene rings is 1. The molecule has 0 bridgehead atoms. The van der Waals surface area contributed by atoms with Crippen LogP contribution in [0.15, 0.2) is 24.3 Å². The van der Waals surface area contributed by atoms with E-state index in [2.05, 4.69) is 5.32 Å². The maximum absolute atomic E-state index is 12.0. The van der Waals surface area contributed by atoms with Crippen molar-refractivity contribution in [2.45, 2.75) is 6.04 Å². The molecule has 0 saturated carbocycles. The number of carbonyl (C=O) groups excluding carboxylic acids is 1. The SMILES string of the molecule is O=C1c2ccccc2NC2CSCC12. The Balaban J connectivity index is 2.08. The lowest BCUT2D eigenvalue weighted by atomic mass is 9.88. The third kappa shape index (κ3) is 1.08. The van der Waals surface area contributed by atoms with Crippen molar-refractivity contribution >= 4 is 23.2 Å². The van der Waals surface area contributed by atoms with Gasteiger partial charge in [-0.15, -0.1) is 0 Å². The summed E-state index contributed by atoms with van der Waals surface area (Å²) in [5, 5.41) is 3.45. The zero-order valence-corrected chi connectivity index (χ0v) is 8.51. The highest BCUT2D eigenvalue weighted by Gasteiger charge is 2.38. The number of Topliss-reactive ketones (excluding diaryl/α,β-unsaturated/α-hetero) is 1. The number of thioether (sulfide) groups is 1. The van der Waals surface area contributed by atoms with Gasteiger partial charge in [0.15, 0.2) is 5.78 Å². The smallest absolute Gasteiger partial charge is 0.170 e. The van der Waals surface area contributed by atoms with Crippen molar-refractivity contribution in [2.24, 2.45) is 5.92 Å². The van der Waals surface area contributed by atoms with Gasteiger partial charge in [0.1, 0.15) is 0 Å². The van der Waals surface area contributed by atoms with Crippen LogP contribution in [0.2, 0.25) is 0 Å². The second-order valence-corrected chi connectivity index (χ2v) is 4.88. The first kappa shape index (κ1) is 8.36. The normalized spacial score (nSPS) is 29.3. The predicted octanol–water partition coefficient (Wildman–Crippen LogP) is 2.03. The highest BCUT2D eigenvalue weighted by Crippen LogP contribution is 2.35. The van der Waals surface area contributed by atoms with E-state index in [1.54, 1.807) is 0 Å². The largest absolute Gasteiger partial charge is 0.380 e. The van der Waals surface area contributed by atoms with Gasteiger partial charge in [-0.1, -0.05) is 12.1 Å². The second-order valence-electron chi connectivity index (χ2n) is 3.80. The zero-order valence-electron chi connectivity index (χ0n) is 7.69. The van der Waals surface area contributed by atoms with E-state index in [0.29, 0.717) is 11.8 Å². The fourth-order valence-electron chi connectivity index (χ4n) is 2.18. The molecule has 2 heterocycles. The molecule has 1 fully saturated rings. The fourth-order valence-corrected chi connectivity index (χ4v) is 3.52. The highest BCUT2D eigenvalue weighted by atomic mass is 32.2. The number of hydrogen-bond acceptors (Lipinski definition) is 3. The maximum Gasteiger partial charge on any atom is 0.170 e. The van der Waals surface area contributed by atoms with Crippen molar-refractivity contribution < 1.29 is 4.79 Å². The summed E-state index contributed by atoms with van der Waals surface area (Å²) in [5.41, 5.74) is 1.89. The molecule has 1 aromatic rings. The molecule has 1 saturated heterocycles. The predicted molar refractivity (Wildman–Crippen MR) is 59.0 cm³/mol. The van der Waals surface area contributed by atoms with E-state index < -0.39 is 0 Å². The Morgan fingerprint density at radius 2 is 2.14 bits per heavy atom. The lowest BCUT2D eigenvalue weighted by Crippen LogP contribution is -2.38. The Labute approximate surface area is 87.1 Å². The van der Waals surface area contributed by atoms with Crippen molar-refractivity contribution in [3.8, 4) is 0 Å². The van der Waals surface area contributed by atoms with Crippen molar-refractivity contribution in [2.75, 3.05) is 16.8 Å². The summed E-state index contributed by atoms with van der Waals surface area (Å²) in [6.45, 7) is 0. The average molecular weight is 205 g/mol. The molecule has 0 aromatic heterocycles. The van der Waals surface area contributed by atoms with Crippen LogP contribution < -0.4 is 5.32 Å². The molecule has 2 unspecified atom stereocenters. The lowest BCUT2D eigenvalue weighted by Gasteiger charge is -2.27. The average Bonchev–Trinajstić information content (AvgIpc) is 2.66. The van der Waals surface area contributed by atoms with Crippen molar-refractivity contribution in [3.63, 3.8) is 0 Å². The third-order valence-corrected chi connectivity index (χ3v) is 4.14. The molecule has 3 heteroatoms. The summed E-state index contributed by atoms with van der Waals surface area (Å²) in [4.78, 5) is 12.0. The summed E-state index contributed by atoms with van der Waals surface area (Å²) >= 11 is 1.87. The summed E-state index contributed by atoms with van der Waals surface area (Å²) in [7, 11) is 0. The van der Waals surface area contributed by atoms with Gasteiger partial charge in [-0.05, 0) is 12.1 Å².